The zero-order valence-electron chi connectivity index (χ0n) is 74.8. The Kier molecular flexibility index (Phi) is 51.4. The molecule has 0 fully saturated rings. The molecule has 0 saturated heterocycles. The van der Waals surface area contributed by atoms with Gasteiger partial charge in [-0.2, -0.15) is 35.3 Å². The molecule has 602 valence electrons. The van der Waals surface area contributed by atoms with Gasteiger partial charge in [-0.05, 0) is 155 Å². The molecule has 0 aromatic carbocycles. The first-order valence-electron chi connectivity index (χ1n) is 36.5. The van der Waals surface area contributed by atoms with Gasteiger partial charge in [-0.1, -0.05) is 291 Å². The van der Waals surface area contributed by atoms with Gasteiger partial charge in [0.25, 0.3) is 0 Å². The van der Waals surface area contributed by atoms with Crippen LogP contribution in [-0.4, -0.2) is 117 Å². The predicted molar refractivity (Wildman–Crippen MR) is 455 cm³/mol. The van der Waals surface area contributed by atoms with Crippen LogP contribution in [0, 0.1) is 65.0 Å². The Bertz CT molecular complexity index is 2490. The first kappa shape index (κ1) is 114. The van der Waals surface area contributed by atoms with Crippen molar-refractivity contribution in [3.05, 3.63) is 0 Å². The van der Waals surface area contributed by atoms with Gasteiger partial charge in [0.1, 0.15) is 5.78 Å². The molecule has 0 aliphatic rings. The van der Waals surface area contributed by atoms with E-state index in [0.29, 0.717) is 55.7 Å². The van der Waals surface area contributed by atoms with Crippen molar-refractivity contribution >= 4 is 80.6 Å². The number of hydrogen-bond donors (Lipinski definition) is 1. The van der Waals surface area contributed by atoms with E-state index in [2.05, 4.69) is 215 Å². The van der Waals surface area contributed by atoms with E-state index in [4.69, 9.17) is 0 Å². The fourth-order valence-electron chi connectivity index (χ4n) is 6.93. The van der Waals surface area contributed by atoms with Crippen molar-refractivity contribution in [2.24, 2.45) is 65.0 Å². The van der Waals surface area contributed by atoms with E-state index in [-0.39, 0.29) is 66.3 Å². The first-order chi connectivity index (χ1) is 41.5. The molecular formula is C81H177NO9S7. The lowest BCUT2D eigenvalue weighted by Crippen LogP contribution is -2.42. The van der Waals surface area contributed by atoms with Crippen molar-refractivity contribution in [3.8, 4) is 0 Å². The molecule has 0 aromatic heterocycles. The molecule has 0 spiro atoms. The number of Topliss-reactive ketones (excluding diaryl/α,β-unsaturated/α-hetero) is 1. The Hall–Kier alpha value is 0.480. The van der Waals surface area contributed by atoms with Crippen molar-refractivity contribution in [3.63, 3.8) is 0 Å². The number of thioether (sulfide) groups is 3. The van der Waals surface area contributed by atoms with Gasteiger partial charge < -0.3 is 0 Å². The highest BCUT2D eigenvalue weighted by Gasteiger charge is 2.34. The van der Waals surface area contributed by atoms with E-state index in [0.717, 1.165) is 19.3 Å². The molecule has 0 heterocycles. The second-order valence-electron chi connectivity index (χ2n) is 46.0. The number of ketones is 1. The summed E-state index contributed by atoms with van der Waals surface area (Å²) in [6, 6.07) is 0. The van der Waals surface area contributed by atoms with Gasteiger partial charge in [0.15, 0.2) is 29.5 Å². The largest absolute Gasteiger partial charge is 0.300 e. The number of sulfone groups is 3. The fourth-order valence-corrected chi connectivity index (χ4v) is 18.4. The van der Waals surface area contributed by atoms with E-state index in [1.54, 1.807) is 41.5 Å². The minimum Gasteiger partial charge on any atom is -0.300 e. The Labute approximate surface area is 632 Å². The van der Waals surface area contributed by atoms with Crippen LogP contribution in [0.25, 0.3) is 0 Å². The summed E-state index contributed by atoms with van der Waals surface area (Å²) in [5, 5.41) is 0. The molecule has 0 aromatic rings. The number of nitrogens with one attached hydrogen (secondary N) is 1. The first-order valence-corrected chi connectivity index (χ1v) is 46.4. The normalized spacial score (nSPS) is 14.1. The third-order valence-electron chi connectivity index (χ3n) is 12.0. The van der Waals surface area contributed by atoms with Gasteiger partial charge in [-0.3, -0.25) is 4.79 Å². The summed E-state index contributed by atoms with van der Waals surface area (Å²) in [7, 11) is -11.9. The van der Waals surface area contributed by atoms with E-state index >= 15 is 0 Å². The highest BCUT2D eigenvalue weighted by atomic mass is 32.2. The zero-order valence-corrected chi connectivity index (χ0v) is 80.6. The summed E-state index contributed by atoms with van der Waals surface area (Å²) in [6.45, 7) is 101. The van der Waals surface area contributed by atoms with Crippen LogP contribution in [0.15, 0.2) is 0 Å². The minimum absolute atomic E-state index is 0.0156. The zero-order chi connectivity index (χ0) is 81.7. The van der Waals surface area contributed by atoms with Crippen molar-refractivity contribution in [1.82, 2.24) is 4.72 Å². The third-order valence-corrected chi connectivity index (χ3v) is 26.7. The number of sulfonamides is 1. The monoisotopic (exact) mass is 1530 g/mol. The van der Waals surface area contributed by atoms with E-state index in [9.17, 15) is 38.5 Å². The molecule has 0 unspecified atom stereocenters. The molecule has 17 heteroatoms. The third kappa shape index (κ3) is 105. The second kappa shape index (κ2) is 44.1. The van der Waals surface area contributed by atoms with Crippen LogP contribution >= 0.6 is 35.3 Å². The second-order valence-corrected chi connectivity index (χ2v) is 60.4. The molecule has 0 aliphatic carbocycles. The lowest BCUT2D eigenvalue weighted by Gasteiger charge is -2.25. The van der Waals surface area contributed by atoms with Crippen molar-refractivity contribution in [1.29, 1.82) is 0 Å². The van der Waals surface area contributed by atoms with Gasteiger partial charge in [-0.25, -0.2) is 38.4 Å². The lowest BCUT2D eigenvalue weighted by molar-refractivity contribution is -0.121. The number of carbonyl (C=O) groups excluding carboxylic acids is 1. The Balaban J connectivity index is -0.000000158. The van der Waals surface area contributed by atoms with Crippen LogP contribution < -0.4 is 4.72 Å². The maximum Gasteiger partial charge on any atom is 0.216 e. The van der Waals surface area contributed by atoms with Crippen molar-refractivity contribution in [2.75, 3.05) is 58.3 Å². The highest BCUT2D eigenvalue weighted by Crippen LogP contribution is 2.33. The van der Waals surface area contributed by atoms with Crippen molar-refractivity contribution in [2.45, 2.75) is 390 Å². The molecule has 0 amide bonds. The Morgan fingerprint density at radius 1 is 0.296 bits per heavy atom. The quantitative estimate of drug-likeness (QED) is 0.137. The van der Waals surface area contributed by atoms with Crippen LogP contribution in [0.3, 0.4) is 0 Å². The summed E-state index contributed by atoms with van der Waals surface area (Å²) in [5.41, 5.74) is 1.94. The molecule has 0 rings (SSSR count). The topological polar surface area (TPSA) is 166 Å². The van der Waals surface area contributed by atoms with Gasteiger partial charge in [-0.15, -0.1) is 0 Å². The number of hydrogen-bond acceptors (Lipinski definition) is 12. The predicted octanol–water partition coefficient (Wildman–Crippen LogP) is 24.9. The Morgan fingerprint density at radius 2 is 0.602 bits per heavy atom. The molecule has 98 heavy (non-hydrogen) atoms. The smallest absolute Gasteiger partial charge is 0.216 e. The van der Waals surface area contributed by atoms with Crippen molar-refractivity contribution < 1.29 is 38.5 Å². The number of rotatable bonds is 17. The van der Waals surface area contributed by atoms with E-state index in [1.807, 2.05) is 116 Å². The van der Waals surface area contributed by atoms with Gasteiger partial charge in [0, 0.05) is 28.9 Å². The average molecular weight is 1530 g/mol. The maximum atomic E-state index is 11.7. The number of carbonyl (C=O) groups is 1. The van der Waals surface area contributed by atoms with Gasteiger partial charge in [0.2, 0.25) is 10.0 Å². The molecule has 0 aliphatic heterocycles. The summed E-state index contributed by atoms with van der Waals surface area (Å²) < 4.78 is 95.3. The standard InChI is InChI=1S/C12H24O.C11H24O2S.C11H24S.C10H22O2S.C10H22S.C9H21NO2S.C9H20O2S.C9H20S/c1-11(2,3)8-7-10(13)9-12(4,5)6;1-10(2,3)7-8-14(12,13)9-11(4,5)6;1-10(2,3)7-8-12-9-11(4,5)6;1-9(2,3)7-13(11,12)8-10(4,5)6;1-9(2,3)7-8-11-10(4,5)6;1-8(2,3)7-10-13(11,12)9(4,5)6;1-8(2,3)7-12(10,11)9(4,5)6;1-8(2,3)7-10-9(4,5)6/h7-9H2,1-6H3;7-9H2,1-6H3;7-9H2,1-6H3;7-8H2,1-6H3;7-8H2,1-6H3;10H,7H2,1-6H3;7H2,1-6H3;7H2,1-6H3. The van der Waals surface area contributed by atoms with E-state index < -0.39 is 49.0 Å². The molecule has 10 nitrogen and oxygen atoms in total. The maximum absolute atomic E-state index is 11.7. The van der Waals surface area contributed by atoms with Crippen LogP contribution in [0.4, 0.5) is 0 Å². The van der Waals surface area contributed by atoms with Crippen LogP contribution in [0.5, 0.6) is 0 Å². The summed E-state index contributed by atoms with van der Waals surface area (Å²) >= 11 is 6.19. The molecule has 1 N–H and O–H groups in total. The summed E-state index contributed by atoms with van der Waals surface area (Å²) in [4.78, 5) is 11.5. The summed E-state index contributed by atoms with van der Waals surface area (Å²) in [5.74, 6) is 6.93. The molecule has 0 saturated carbocycles. The van der Waals surface area contributed by atoms with Crippen LogP contribution in [0.2, 0.25) is 0 Å². The van der Waals surface area contributed by atoms with Crippen LogP contribution in [-0.2, 0) is 44.3 Å². The molecule has 0 radical (unpaired) electrons. The van der Waals surface area contributed by atoms with E-state index in [1.165, 1.54) is 35.9 Å². The Morgan fingerprint density at radius 3 is 0.827 bits per heavy atom. The molecule has 0 atom stereocenters. The highest BCUT2D eigenvalue weighted by molar-refractivity contribution is 8.00. The molecule has 0 bridgehead atoms. The SMILES string of the molecule is CC(C)(C)CCC(=O)CC(C)(C)C.CC(C)(C)CCS(=O)(=O)CC(C)(C)C.CC(C)(C)CCSC(C)(C)C.CC(C)(C)CCSCC(C)(C)C.CC(C)(C)CNS(=O)(=O)C(C)(C)C.CC(C)(C)CS(=O)(=O)C(C)(C)C.CC(C)(C)CS(=O)(=O)CC(C)(C)C.CC(C)(C)CSC(C)(C)C. The summed E-state index contributed by atoms with van der Waals surface area (Å²) in [6.07, 6.45) is 5.83. The molecular weight excluding hydrogens is 1360 g/mol. The lowest BCUT2D eigenvalue weighted by atomic mass is 9.85. The van der Waals surface area contributed by atoms with Crippen LogP contribution in [0.1, 0.15) is 371 Å². The minimum atomic E-state index is -3.18. The van der Waals surface area contributed by atoms with Gasteiger partial charge >= 0.3 is 0 Å². The average Bonchev–Trinajstić information content (AvgIpc) is 0.840. The fraction of sp³-hybridized carbons (Fsp3) is 0.988. The van der Waals surface area contributed by atoms with Gasteiger partial charge in [0.05, 0.1) is 38.3 Å².